The molecule has 1 aliphatic rings. The van der Waals surface area contributed by atoms with E-state index < -0.39 is 0 Å². The average molecular weight is 471 g/mol. The van der Waals surface area contributed by atoms with Crippen LogP contribution >= 0.6 is 0 Å². The Morgan fingerprint density at radius 3 is 2.23 bits per heavy atom. The van der Waals surface area contributed by atoms with E-state index in [1.807, 2.05) is 41.1 Å². The monoisotopic (exact) mass is 470 g/mol. The summed E-state index contributed by atoms with van der Waals surface area (Å²) in [6, 6.07) is 26.5. The van der Waals surface area contributed by atoms with Gasteiger partial charge in [-0.3, -0.25) is 4.90 Å². The molecule has 0 bridgehead atoms. The third-order valence-electron chi connectivity index (χ3n) is 6.51. The number of piperazine rings is 1. The van der Waals surface area contributed by atoms with Crippen molar-refractivity contribution in [2.24, 2.45) is 0 Å². The minimum Gasteiger partial charge on any atom is -0.497 e. The van der Waals surface area contributed by atoms with E-state index in [1.54, 1.807) is 14.2 Å². The summed E-state index contributed by atoms with van der Waals surface area (Å²) >= 11 is 0. The lowest BCUT2D eigenvalue weighted by atomic mass is 10.0. The van der Waals surface area contributed by atoms with Gasteiger partial charge in [-0.1, -0.05) is 48.5 Å². The molecule has 1 fully saturated rings. The van der Waals surface area contributed by atoms with Gasteiger partial charge in [-0.05, 0) is 46.3 Å². The fraction of sp³-hybridized carbons (Fsp3) is 0.296. The topological polar surface area (TPSA) is 68.5 Å². The fourth-order valence-electron chi connectivity index (χ4n) is 4.71. The van der Waals surface area contributed by atoms with Crippen LogP contribution in [0.15, 0.2) is 78.9 Å². The van der Waals surface area contributed by atoms with Crippen molar-refractivity contribution in [3.63, 3.8) is 0 Å². The standard InChI is InChI=1S/C27H30N6O2/c1-34-23-13-14-25(35-2)24(19-23)26(27-28-29-30-33(27)20-21-9-5-3-6-10-21)32-17-15-31(16-18-32)22-11-7-4-8-12-22/h3-14,19,26H,15-18,20H2,1-2H3/t26-/m1/s1. The molecule has 0 spiro atoms. The zero-order valence-electron chi connectivity index (χ0n) is 20.1. The van der Waals surface area contributed by atoms with Gasteiger partial charge in [0.15, 0.2) is 5.82 Å². The SMILES string of the molecule is COc1ccc(OC)c([C@H](c2nnnn2Cc2ccccc2)N2CCN(c3ccccc3)CC2)c1. The number of hydrogen-bond donors (Lipinski definition) is 0. The first-order valence-corrected chi connectivity index (χ1v) is 11.8. The molecule has 4 aromatic rings. The van der Waals surface area contributed by atoms with Crippen LogP contribution in [0, 0.1) is 0 Å². The van der Waals surface area contributed by atoms with Crippen LogP contribution in [0.3, 0.4) is 0 Å². The lowest BCUT2D eigenvalue weighted by Gasteiger charge is -2.40. The predicted molar refractivity (Wildman–Crippen MR) is 135 cm³/mol. The van der Waals surface area contributed by atoms with Gasteiger partial charge in [0.1, 0.15) is 17.5 Å². The normalized spacial score (nSPS) is 15.1. The lowest BCUT2D eigenvalue weighted by Crippen LogP contribution is -2.48. The van der Waals surface area contributed by atoms with Crippen molar-refractivity contribution in [3.05, 3.63) is 95.8 Å². The molecule has 1 aliphatic heterocycles. The third kappa shape index (κ3) is 4.97. The minimum atomic E-state index is -0.184. The van der Waals surface area contributed by atoms with Crippen LogP contribution in [-0.4, -0.2) is 65.5 Å². The van der Waals surface area contributed by atoms with Gasteiger partial charge >= 0.3 is 0 Å². The molecule has 1 aromatic heterocycles. The predicted octanol–water partition coefficient (Wildman–Crippen LogP) is 3.65. The van der Waals surface area contributed by atoms with Gasteiger partial charge in [0.2, 0.25) is 0 Å². The molecule has 1 atom stereocenters. The highest BCUT2D eigenvalue weighted by molar-refractivity contribution is 5.47. The first-order valence-electron chi connectivity index (χ1n) is 11.8. The van der Waals surface area contributed by atoms with Crippen molar-refractivity contribution in [3.8, 4) is 11.5 Å². The van der Waals surface area contributed by atoms with Crippen molar-refractivity contribution in [1.29, 1.82) is 0 Å². The van der Waals surface area contributed by atoms with Gasteiger partial charge in [0.25, 0.3) is 0 Å². The van der Waals surface area contributed by atoms with Crippen LogP contribution in [0.5, 0.6) is 11.5 Å². The average Bonchev–Trinajstić information content (AvgIpc) is 3.37. The number of hydrogen-bond acceptors (Lipinski definition) is 7. The van der Waals surface area contributed by atoms with Gasteiger partial charge in [-0.2, -0.15) is 0 Å². The van der Waals surface area contributed by atoms with E-state index in [9.17, 15) is 0 Å². The number of benzene rings is 3. The summed E-state index contributed by atoms with van der Waals surface area (Å²) in [6.07, 6.45) is 0. The first kappa shape index (κ1) is 22.9. The van der Waals surface area contributed by atoms with Crippen molar-refractivity contribution in [2.45, 2.75) is 12.6 Å². The number of tetrazole rings is 1. The fourth-order valence-corrected chi connectivity index (χ4v) is 4.71. The van der Waals surface area contributed by atoms with Gasteiger partial charge in [-0.15, -0.1) is 5.10 Å². The highest BCUT2D eigenvalue weighted by Gasteiger charge is 2.33. The largest absolute Gasteiger partial charge is 0.497 e. The summed E-state index contributed by atoms with van der Waals surface area (Å²) < 4.78 is 13.3. The molecule has 1 saturated heterocycles. The van der Waals surface area contributed by atoms with Crippen molar-refractivity contribution < 1.29 is 9.47 Å². The Hall–Kier alpha value is -3.91. The molecular formula is C27H30N6O2. The molecule has 0 saturated carbocycles. The summed E-state index contributed by atoms with van der Waals surface area (Å²) in [5, 5.41) is 13.0. The quantitative estimate of drug-likeness (QED) is 0.389. The summed E-state index contributed by atoms with van der Waals surface area (Å²) in [5.74, 6) is 2.35. The molecule has 3 aromatic carbocycles. The smallest absolute Gasteiger partial charge is 0.173 e. The van der Waals surface area contributed by atoms with Gasteiger partial charge in [0.05, 0.1) is 20.8 Å². The number of anilines is 1. The van der Waals surface area contributed by atoms with Gasteiger partial charge < -0.3 is 14.4 Å². The van der Waals surface area contributed by atoms with Crippen LogP contribution in [0.25, 0.3) is 0 Å². The van der Waals surface area contributed by atoms with E-state index in [-0.39, 0.29) is 6.04 Å². The Morgan fingerprint density at radius 1 is 0.829 bits per heavy atom. The zero-order valence-corrected chi connectivity index (χ0v) is 20.1. The zero-order chi connectivity index (χ0) is 24.0. The molecule has 5 rings (SSSR count). The number of para-hydroxylation sites is 1. The van der Waals surface area contributed by atoms with E-state index >= 15 is 0 Å². The molecule has 0 aliphatic carbocycles. The number of nitrogens with zero attached hydrogens (tertiary/aromatic N) is 6. The van der Waals surface area contributed by atoms with E-state index in [0.717, 1.165) is 54.6 Å². The number of aromatic nitrogens is 4. The maximum Gasteiger partial charge on any atom is 0.173 e. The number of methoxy groups -OCH3 is 2. The first-order chi connectivity index (χ1) is 17.3. The second-order valence-corrected chi connectivity index (χ2v) is 8.55. The Kier molecular flexibility index (Phi) is 6.90. The summed E-state index contributed by atoms with van der Waals surface area (Å²) in [5.41, 5.74) is 3.38. The maximum atomic E-state index is 5.79. The molecule has 8 nitrogen and oxygen atoms in total. The molecule has 180 valence electrons. The summed E-state index contributed by atoms with van der Waals surface area (Å²) in [7, 11) is 3.38. The van der Waals surface area contributed by atoms with Crippen LogP contribution in [0.2, 0.25) is 0 Å². The Bertz CT molecular complexity index is 1220. The summed E-state index contributed by atoms with van der Waals surface area (Å²) in [4.78, 5) is 4.85. The van der Waals surface area contributed by atoms with Crippen molar-refractivity contribution in [1.82, 2.24) is 25.1 Å². The molecule has 0 amide bonds. The maximum absolute atomic E-state index is 5.79. The van der Waals surface area contributed by atoms with E-state index in [2.05, 4.69) is 67.8 Å². The third-order valence-corrected chi connectivity index (χ3v) is 6.51. The van der Waals surface area contributed by atoms with E-state index in [1.165, 1.54) is 5.69 Å². The van der Waals surface area contributed by atoms with E-state index in [0.29, 0.717) is 6.54 Å². The molecule has 2 heterocycles. The van der Waals surface area contributed by atoms with Crippen molar-refractivity contribution >= 4 is 5.69 Å². The molecule has 35 heavy (non-hydrogen) atoms. The van der Waals surface area contributed by atoms with Crippen LogP contribution in [-0.2, 0) is 6.54 Å². The van der Waals surface area contributed by atoms with E-state index in [4.69, 9.17) is 9.47 Å². The number of ether oxygens (including phenoxy) is 2. The highest BCUT2D eigenvalue weighted by atomic mass is 16.5. The number of rotatable bonds is 8. The van der Waals surface area contributed by atoms with Gasteiger partial charge in [0, 0.05) is 37.4 Å². The molecule has 0 radical (unpaired) electrons. The van der Waals surface area contributed by atoms with Crippen LogP contribution < -0.4 is 14.4 Å². The lowest BCUT2D eigenvalue weighted by molar-refractivity contribution is 0.197. The Labute approximate surface area is 205 Å². The minimum absolute atomic E-state index is 0.184. The molecule has 8 heteroatoms. The molecular weight excluding hydrogens is 440 g/mol. The van der Waals surface area contributed by atoms with Crippen LogP contribution in [0.1, 0.15) is 23.0 Å². The Morgan fingerprint density at radius 2 is 1.54 bits per heavy atom. The highest BCUT2D eigenvalue weighted by Crippen LogP contribution is 2.37. The van der Waals surface area contributed by atoms with Gasteiger partial charge in [-0.25, -0.2) is 4.68 Å². The summed E-state index contributed by atoms with van der Waals surface area (Å²) in [6.45, 7) is 4.13. The Balaban J connectivity index is 1.50. The van der Waals surface area contributed by atoms with Crippen LogP contribution in [0.4, 0.5) is 5.69 Å². The second kappa shape index (κ2) is 10.6. The van der Waals surface area contributed by atoms with Crippen molar-refractivity contribution in [2.75, 3.05) is 45.3 Å². The molecule has 0 N–H and O–H groups in total. The second-order valence-electron chi connectivity index (χ2n) is 8.55. The molecule has 0 unspecified atom stereocenters.